The van der Waals surface area contributed by atoms with Crippen LogP contribution in [0, 0.1) is 6.92 Å². The van der Waals surface area contributed by atoms with Gasteiger partial charge < -0.3 is 10.8 Å². The first kappa shape index (κ1) is 14.0. The molecule has 0 aliphatic rings. The average Bonchev–Trinajstić information content (AvgIpc) is 2.18. The maximum atomic E-state index is 11.9. The third kappa shape index (κ3) is 3.99. The molecule has 0 amide bonds. The number of aliphatic hydroxyl groups is 1. The van der Waals surface area contributed by atoms with Gasteiger partial charge in [0.25, 0.3) is 0 Å². The number of sulfonamides is 1. The van der Waals surface area contributed by atoms with Gasteiger partial charge in [-0.2, -0.15) is 0 Å². The van der Waals surface area contributed by atoms with E-state index < -0.39 is 15.6 Å². The Balaban J connectivity index is 2.94. The fourth-order valence-electron chi connectivity index (χ4n) is 1.14. The second-order valence-corrected chi connectivity index (χ2v) is 6.42. The minimum Gasteiger partial charge on any atom is -0.398 e. The van der Waals surface area contributed by atoms with Gasteiger partial charge in [0, 0.05) is 12.2 Å². The number of rotatable bonds is 4. The summed E-state index contributed by atoms with van der Waals surface area (Å²) in [6, 6.07) is 4.54. The number of nitrogen functional groups attached to an aromatic ring is 1. The van der Waals surface area contributed by atoms with Crippen molar-refractivity contribution in [1.29, 1.82) is 0 Å². The molecule has 1 aromatic carbocycles. The minimum atomic E-state index is -3.62. The van der Waals surface area contributed by atoms with Crippen molar-refractivity contribution in [1.82, 2.24) is 4.72 Å². The number of aryl methyl sites for hydroxylation is 1. The molecule has 0 aliphatic heterocycles. The minimum absolute atomic E-state index is 0.0525. The van der Waals surface area contributed by atoms with Crippen LogP contribution in [0.15, 0.2) is 23.1 Å². The molecular weight excluding hydrogens is 240 g/mol. The van der Waals surface area contributed by atoms with Gasteiger partial charge in [-0.15, -0.1) is 0 Å². The topological polar surface area (TPSA) is 92.4 Å². The molecule has 1 aromatic rings. The van der Waals surface area contributed by atoms with Gasteiger partial charge in [-0.1, -0.05) is 6.07 Å². The molecule has 6 heteroatoms. The Hall–Kier alpha value is -1.11. The van der Waals surface area contributed by atoms with Gasteiger partial charge >= 0.3 is 0 Å². The molecule has 96 valence electrons. The maximum absolute atomic E-state index is 11.9. The summed E-state index contributed by atoms with van der Waals surface area (Å²) in [5.74, 6) is 0. The van der Waals surface area contributed by atoms with E-state index in [2.05, 4.69) is 4.72 Å². The SMILES string of the molecule is Cc1ccc(S(=O)(=O)NCC(C)(C)O)cc1N. The molecule has 1 rings (SSSR count). The molecule has 0 aromatic heterocycles. The zero-order chi connectivity index (χ0) is 13.3. The molecule has 0 unspecified atom stereocenters. The van der Waals surface area contributed by atoms with Crippen LogP contribution in [0.2, 0.25) is 0 Å². The van der Waals surface area contributed by atoms with Crippen LogP contribution in [0.3, 0.4) is 0 Å². The van der Waals surface area contributed by atoms with Crippen molar-refractivity contribution in [3.63, 3.8) is 0 Å². The van der Waals surface area contributed by atoms with E-state index in [1.807, 2.05) is 0 Å². The monoisotopic (exact) mass is 258 g/mol. The van der Waals surface area contributed by atoms with Gasteiger partial charge in [-0.05, 0) is 38.5 Å². The van der Waals surface area contributed by atoms with E-state index in [0.717, 1.165) is 5.56 Å². The quantitative estimate of drug-likeness (QED) is 0.690. The fraction of sp³-hybridized carbons (Fsp3) is 0.455. The largest absolute Gasteiger partial charge is 0.398 e. The predicted molar refractivity (Wildman–Crippen MR) is 67.1 cm³/mol. The zero-order valence-corrected chi connectivity index (χ0v) is 11.0. The Kier molecular flexibility index (Phi) is 3.81. The maximum Gasteiger partial charge on any atom is 0.240 e. The summed E-state index contributed by atoms with van der Waals surface area (Å²) in [5, 5.41) is 9.47. The Bertz CT molecular complexity index is 504. The van der Waals surface area contributed by atoms with Crippen LogP contribution in [0.1, 0.15) is 19.4 Å². The Morgan fingerprint density at radius 2 is 2.00 bits per heavy atom. The van der Waals surface area contributed by atoms with E-state index >= 15 is 0 Å². The highest BCUT2D eigenvalue weighted by molar-refractivity contribution is 7.89. The molecule has 17 heavy (non-hydrogen) atoms. The first-order valence-electron chi connectivity index (χ1n) is 5.20. The van der Waals surface area contributed by atoms with Crippen molar-refractivity contribution in [3.05, 3.63) is 23.8 Å². The number of hydrogen-bond donors (Lipinski definition) is 3. The third-order valence-electron chi connectivity index (χ3n) is 2.26. The van der Waals surface area contributed by atoms with Gasteiger partial charge in [-0.25, -0.2) is 13.1 Å². The highest BCUT2D eigenvalue weighted by atomic mass is 32.2. The standard InChI is InChI=1S/C11H18N2O3S/c1-8-4-5-9(6-10(8)12)17(15,16)13-7-11(2,3)14/h4-6,13-14H,7,12H2,1-3H3. The molecule has 0 bridgehead atoms. The van der Waals surface area contributed by atoms with E-state index in [9.17, 15) is 13.5 Å². The molecule has 4 N–H and O–H groups in total. The van der Waals surface area contributed by atoms with Gasteiger partial charge in [0.1, 0.15) is 0 Å². The predicted octanol–water partition coefficient (Wildman–Crippen LogP) is 0.626. The molecule has 0 spiro atoms. The lowest BCUT2D eigenvalue weighted by atomic mass is 10.1. The molecule has 0 heterocycles. The zero-order valence-electron chi connectivity index (χ0n) is 10.2. The van der Waals surface area contributed by atoms with Crippen LogP contribution >= 0.6 is 0 Å². The first-order chi connectivity index (χ1) is 7.62. The molecule has 0 aliphatic carbocycles. The second-order valence-electron chi connectivity index (χ2n) is 4.66. The summed E-state index contributed by atoms with van der Waals surface area (Å²) in [5.41, 5.74) is 5.82. The molecule has 5 nitrogen and oxygen atoms in total. The van der Waals surface area contributed by atoms with Crippen LogP contribution in [-0.2, 0) is 10.0 Å². The Labute approximate surface area is 102 Å². The van der Waals surface area contributed by atoms with Crippen LogP contribution in [0.4, 0.5) is 5.69 Å². The van der Waals surface area contributed by atoms with Crippen molar-refractivity contribution >= 4 is 15.7 Å². The van der Waals surface area contributed by atoms with Crippen molar-refractivity contribution in [2.24, 2.45) is 0 Å². The molecule has 0 saturated heterocycles. The lowest BCUT2D eigenvalue weighted by Crippen LogP contribution is -2.38. The number of nitrogens with two attached hydrogens (primary N) is 1. The Morgan fingerprint density at radius 1 is 1.41 bits per heavy atom. The van der Waals surface area contributed by atoms with Gasteiger partial charge in [-0.3, -0.25) is 0 Å². The summed E-state index contributed by atoms with van der Waals surface area (Å²) < 4.78 is 26.1. The second kappa shape index (κ2) is 4.64. The fourth-order valence-corrected chi connectivity index (χ4v) is 2.38. The number of benzene rings is 1. The number of anilines is 1. The molecule has 0 atom stereocenters. The normalized spacial score (nSPS) is 12.7. The summed E-state index contributed by atoms with van der Waals surface area (Å²) in [7, 11) is -3.62. The molecule has 0 saturated carbocycles. The first-order valence-corrected chi connectivity index (χ1v) is 6.68. The van der Waals surface area contributed by atoms with E-state index in [4.69, 9.17) is 5.73 Å². The van der Waals surface area contributed by atoms with Crippen LogP contribution < -0.4 is 10.5 Å². The van der Waals surface area contributed by atoms with Crippen molar-refractivity contribution in [2.75, 3.05) is 12.3 Å². The number of nitrogens with one attached hydrogen (secondary N) is 1. The smallest absolute Gasteiger partial charge is 0.240 e. The van der Waals surface area contributed by atoms with Crippen molar-refractivity contribution in [3.8, 4) is 0 Å². The number of hydrogen-bond acceptors (Lipinski definition) is 4. The average molecular weight is 258 g/mol. The molecular formula is C11H18N2O3S. The van der Waals surface area contributed by atoms with Gasteiger partial charge in [0.15, 0.2) is 0 Å². The van der Waals surface area contributed by atoms with Crippen LogP contribution in [0.25, 0.3) is 0 Å². The Morgan fingerprint density at radius 3 is 2.47 bits per heavy atom. The molecule has 0 radical (unpaired) electrons. The van der Waals surface area contributed by atoms with E-state index in [1.54, 1.807) is 13.0 Å². The van der Waals surface area contributed by atoms with E-state index in [1.165, 1.54) is 26.0 Å². The lowest BCUT2D eigenvalue weighted by Gasteiger charge is -2.17. The third-order valence-corrected chi connectivity index (χ3v) is 3.65. The highest BCUT2D eigenvalue weighted by Crippen LogP contribution is 2.17. The van der Waals surface area contributed by atoms with Gasteiger partial charge in [0.05, 0.1) is 10.5 Å². The van der Waals surface area contributed by atoms with Crippen molar-refractivity contribution in [2.45, 2.75) is 31.3 Å². The summed E-state index contributed by atoms with van der Waals surface area (Å²) in [6.07, 6.45) is 0. The van der Waals surface area contributed by atoms with Gasteiger partial charge in [0.2, 0.25) is 10.0 Å². The summed E-state index contributed by atoms with van der Waals surface area (Å²) >= 11 is 0. The van der Waals surface area contributed by atoms with Crippen molar-refractivity contribution < 1.29 is 13.5 Å². The van der Waals surface area contributed by atoms with Crippen LogP contribution in [0.5, 0.6) is 0 Å². The summed E-state index contributed by atoms with van der Waals surface area (Å²) in [4.78, 5) is 0.102. The van der Waals surface area contributed by atoms with E-state index in [0.29, 0.717) is 5.69 Å². The lowest BCUT2D eigenvalue weighted by molar-refractivity contribution is 0.0857. The van der Waals surface area contributed by atoms with E-state index in [-0.39, 0.29) is 11.4 Å². The molecule has 0 fully saturated rings. The van der Waals surface area contributed by atoms with Crippen LogP contribution in [-0.4, -0.2) is 25.7 Å². The summed E-state index contributed by atoms with van der Waals surface area (Å²) in [6.45, 7) is 4.80. The highest BCUT2D eigenvalue weighted by Gasteiger charge is 2.19.